The molecule has 0 saturated heterocycles. The summed E-state index contributed by atoms with van der Waals surface area (Å²) in [6.45, 7) is 6.73. The number of carbonyl (C=O) groups is 2. The molecule has 2 amide bonds. The van der Waals surface area contributed by atoms with Crippen molar-refractivity contribution in [3.8, 4) is 0 Å². The van der Waals surface area contributed by atoms with E-state index in [1.165, 1.54) is 6.07 Å². The quantitative estimate of drug-likeness (QED) is 0.517. The number of carboxylic acids is 1. The molecule has 0 aliphatic rings. The lowest BCUT2D eigenvalue weighted by Gasteiger charge is -2.09. The van der Waals surface area contributed by atoms with Crippen LogP contribution in [0.2, 0.25) is 0 Å². The number of benzene rings is 1. The van der Waals surface area contributed by atoms with E-state index >= 15 is 0 Å². The number of aromatic carboxylic acids is 1. The molecule has 1 aromatic carbocycles. The van der Waals surface area contributed by atoms with Gasteiger partial charge in [0.15, 0.2) is 0 Å². The summed E-state index contributed by atoms with van der Waals surface area (Å²) in [6, 6.07) is 4.12. The maximum Gasteiger partial charge on any atom is 0.336 e. The summed E-state index contributed by atoms with van der Waals surface area (Å²) in [5.41, 5.74) is 1.39. The van der Waals surface area contributed by atoms with E-state index in [4.69, 9.17) is 9.84 Å². The van der Waals surface area contributed by atoms with Crippen molar-refractivity contribution in [3.05, 3.63) is 40.4 Å². The topological polar surface area (TPSA) is 87.7 Å². The summed E-state index contributed by atoms with van der Waals surface area (Å²) in [4.78, 5) is 22.6. The van der Waals surface area contributed by atoms with Crippen molar-refractivity contribution < 1.29 is 19.4 Å². The molecule has 1 aromatic rings. The van der Waals surface area contributed by atoms with Gasteiger partial charge in [-0.15, -0.1) is 0 Å². The molecule has 0 spiro atoms. The highest BCUT2D eigenvalue weighted by molar-refractivity contribution is 9.10. The number of carbonyl (C=O) groups excluding carboxylic acids is 1. The van der Waals surface area contributed by atoms with Crippen LogP contribution in [0.4, 0.5) is 10.5 Å². The Hall–Kier alpha value is -1.86. The zero-order valence-corrected chi connectivity index (χ0v) is 13.2. The first-order chi connectivity index (χ1) is 9.90. The van der Waals surface area contributed by atoms with Crippen molar-refractivity contribution in [1.29, 1.82) is 0 Å². The summed E-state index contributed by atoms with van der Waals surface area (Å²) in [6.07, 6.45) is 0. The van der Waals surface area contributed by atoms with Crippen LogP contribution in [0.15, 0.2) is 34.8 Å². The highest BCUT2D eigenvalue weighted by atomic mass is 79.9. The summed E-state index contributed by atoms with van der Waals surface area (Å²) in [5.74, 6) is -1.07. The minimum absolute atomic E-state index is 0.0811. The van der Waals surface area contributed by atoms with Gasteiger partial charge in [-0.05, 0) is 41.1 Å². The second-order valence-electron chi connectivity index (χ2n) is 4.39. The van der Waals surface area contributed by atoms with Crippen molar-refractivity contribution >= 4 is 33.6 Å². The van der Waals surface area contributed by atoms with Crippen molar-refractivity contribution in [3.63, 3.8) is 0 Å². The number of anilines is 1. The fourth-order valence-electron chi connectivity index (χ4n) is 1.43. The Morgan fingerprint density at radius 1 is 1.43 bits per heavy atom. The van der Waals surface area contributed by atoms with Gasteiger partial charge in [-0.1, -0.05) is 12.2 Å². The second-order valence-corrected chi connectivity index (χ2v) is 5.24. The lowest BCUT2D eigenvalue weighted by molar-refractivity contribution is 0.0696. The van der Waals surface area contributed by atoms with Crippen molar-refractivity contribution in [2.24, 2.45) is 0 Å². The molecule has 0 bridgehead atoms. The van der Waals surface area contributed by atoms with Crippen LogP contribution >= 0.6 is 15.9 Å². The Balaban J connectivity index is 2.43. The standard InChI is InChI=1S/C14H17BrN2O4/c1-9(2)8-21-6-5-16-14(20)17-10-3-4-12(15)11(7-10)13(18)19/h3-4,7H,1,5-6,8H2,2H3,(H,18,19)(H2,16,17,20). The third-order valence-corrected chi connectivity index (χ3v) is 3.03. The van der Waals surface area contributed by atoms with Gasteiger partial charge in [0.1, 0.15) is 0 Å². The van der Waals surface area contributed by atoms with Crippen LogP contribution in [-0.4, -0.2) is 36.9 Å². The number of nitrogens with one attached hydrogen (secondary N) is 2. The van der Waals surface area contributed by atoms with E-state index in [1.807, 2.05) is 6.92 Å². The van der Waals surface area contributed by atoms with Gasteiger partial charge in [-0.3, -0.25) is 0 Å². The molecule has 6 nitrogen and oxygen atoms in total. The first kappa shape index (κ1) is 17.2. The molecule has 0 fully saturated rings. The Morgan fingerprint density at radius 3 is 2.76 bits per heavy atom. The number of urea groups is 1. The van der Waals surface area contributed by atoms with Gasteiger partial charge in [0.05, 0.1) is 18.8 Å². The van der Waals surface area contributed by atoms with E-state index in [9.17, 15) is 9.59 Å². The smallest absolute Gasteiger partial charge is 0.336 e. The molecule has 3 N–H and O–H groups in total. The minimum atomic E-state index is -1.07. The Labute approximate surface area is 131 Å². The van der Waals surface area contributed by atoms with Gasteiger partial charge in [-0.25, -0.2) is 9.59 Å². The Bertz CT molecular complexity index is 546. The molecule has 114 valence electrons. The van der Waals surface area contributed by atoms with E-state index in [0.29, 0.717) is 29.9 Å². The van der Waals surface area contributed by atoms with Gasteiger partial charge >= 0.3 is 12.0 Å². The number of hydrogen-bond donors (Lipinski definition) is 3. The third kappa shape index (κ3) is 6.42. The van der Waals surface area contributed by atoms with Crippen LogP contribution in [0.25, 0.3) is 0 Å². The number of amides is 2. The van der Waals surface area contributed by atoms with Crippen molar-refractivity contribution in [2.75, 3.05) is 25.1 Å². The maximum atomic E-state index is 11.6. The molecule has 0 aliphatic carbocycles. The van der Waals surface area contributed by atoms with Gasteiger partial charge < -0.3 is 20.5 Å². The lowest BCUT2D eigenvalue weighted by atomic mass is 10.2. The zero-order valence-electron chi connectivity index (χ0n) is 11.6. The molecule has 0 saturated carbocycles. The fraction of sp³-hybridized carbons (Fsp3) is 0.286. The normalized spacial score (nSPS) is 10.0. The predicted octanol–water partition coefficient (Wildman–Crippen LogP) is 2.86. The minimum Gasteiger partial charge on any atom is -0.478 e. The molecular weight excluding hydrogens is 340 g/mol. The molecule has 0 radical (unpaired) electrons. The van der Waals surface area contributed by atoms with Crippen LogP contribution in [0.5, 0.6) is 0 Å². The van der Waals surface area contributed by atoms with E-state index in [0.717, 1.165) is 5.57 Å². The molecule has 0 atom stereocenters. The Kier molecular flexibility index (Phi) is 6.90. The van der Waals surface area contributed by atoms with Gasteiger partial charge in [0, 0.05) is 16.7 Å². The Morgan fingerprint density at radius 2 is 2.14 bits per heavy atom. The summed E-state index contributed by atoms with van der Waals surface area (Å²) in [5, 5.41) is 14.1. The first-order valence-corrected chi connectivity index (χ1v) is 6.99. The van der Waals surface area contributed by atoms with Crippen LogP contribution in [0.3, 0.4) is 0 Å². The van der Waals surface area contributed by atoms with Gasteiger partial charge in [-0.2, -0.15) is 0 Å². The fourth-order valence-corrected chi connectivity index (χ4v) is 1.84. The predicted molar refractivity (Wildman–Crippen MR) is 83.8 cm³/mol. The number of rotatable bonds is 7. The molecule has 1 rings (SSSR count). The largest absolute Gasteiger partial charge is 0.478 e. The molecular formula is C14H17BrN2O4. The maximum absolute atomic E-state index is 11.6. The first-order valence-electron chi connectivity index (χ1n) is 6.20. The average molecular weight is 357 g/mol. The number of ether oxygens (including phenoxy) is 1. The zero-order chi connectivity index (χ0) is 15.8. The highest BCUT2D eigenvalue weighted by Gasteiger charge is 2.10. The molecule has 21 heavy (non-hydrogen) atoms. The third-order valence-electron chi connectivity index (χ3n) is 2.34. The summed E-state index contributed by atoms with van der Waals surface area (Å²) < 4.78 is 5.69. The van der Waals surface area contributed by atoms with E-state index < -0.39 is 12.0 Å². The monoisotopic (exact) mass is 356 g/mol. The average Bonchev–Trinajstić information content (AvgIpc) is 2.40. The molecule has 0 aliphatic heterocycles. The van der Waals surface area contributed by atoms with Crippen LogP contribution in [0.1, 0.15) is 17.3 Å². The van der Waals surface area contributed by atoms with Crippen molar-refractivity contribution in [2.45, 2.75) is 6.92 Å². The SMILES string of the molecule is C=C(C)COCCNC(=O)Nc1ccc(Br)c(C(=O)O)c1. The van der Waals surface area contributed by atoms with Crippen LogP contribution < -0.4 is 10.6 Å². The number of halogens is 1. The number of carboxylic acid groups (broad SMARTS) is 1. The van der Waals surface area contributed by atoms with E-state index in [-0.39, 0.29) is 5.56 Å². The molecule has 0 unspecified atom stereocenters. The van der Waals surface area contributed by atoms with Crippen LogP contribution in [0, 0.1) is 0 Å². The van der Waals surface area contributed by atoms with Gasteiger partial charge in [0.25, 0.3) is 0 Å². The van der Waals surface area contributed by atoms with E-state index in [1.54, 1.807) is 12.1 Å². The lowest BCUT2D eigenvalue weighted by Crippen LogP contribution is -2.31. The van der Waals surface area contributed by atoms with Crippen molar-refractivity contribution in [1.82, 2.24) is 5.32 Å². The van der Waals surface area contributed by atoms with Gasteiger partial charge in [0.2, 0.25) is 0 Å². The summed E-state index contributed by atoms with van der Waals surface area (Å²) >= 11 is 3.14. The van der Waals surface area contributed by atoms with E-state index in [2.05, 4.69) is 33.1 Å². The highest BCUT2D eigenvalue weighted by Crippen LogP contribution is 2.21. The molecule has 0 heterocycles. The second kappa shape index (κ2) is 8.43. The molecule has 7 heteroatoms. The van der Waals surface area contributed by atoms with Crippen LogP contribution in [-0.2, 0) is 4.74 Å². The molecule has 0 aromatic heterocycles. The summed E-state index contributed by atoms with van der Waals surface area (Å²) in [7, 11) is 0. The number of hydrogen-bond acceptors (Lipinski definition) is 3.